The van der Waals surface area contributed by atoms with Gasteiger partial charge in [0.1, 0.15) is 0 Å². The van der Waals surface area contributed by atoms with Crippen molar-refractivity contribution in [3.05, 3.63) is 205 Å². The SMILES string of the molecule is CC1(C)c2ccccc2-c2cc3ccc4ccc(N(c5ccccc5)c5cccc(N(c6ccccc6)c6ccc7sc8ccccc8c7c6)c5)cc4c3cc21. The van der Waals surface area contributed by atoms with Crippen LogP contribution in [0.4, 0.5) is 34.1 Å². The number of para-hydroxylation sites is 2. The van der Waals surface area contributed by atoms with E-state index >= 15 is 0 Å². The van der Waals surface area contributed by atoms with Gasteiger partial charge in [0.05, 0.1) is 0 Å². The molecule has 0 atom stereocenters. The van der Waals surface area contributed by atoms with Gasteiger partial charge in [0.2, 0.25) is 0 Å². The quantitative estimate of drug-likeness (QED) is 0.157. The molecule has 0 aliphatic heterocycles. The first-order chi connectivity index (χ1) is 27.5. The van der Waals surface area contributed by atoms with Crippen LogP contribution in [0.5, 0.6) is 0 Å². The minimum absolute atomic E-state index is 0.0674. The monoisotopic (exact) mass is 734 g/mol. The van der Waals surface area contributed by atoms with Crippen LogP contribution in [-0.2, 0) is 5.41 Å². The molecule has 9 aromatic carbocycles. The van der Waals surface area contributed by atoms with Gasteiger partial charge in [-0.15, -0.1) is 11.3 Å². The predicted molar refractivity (Wildman–Crippen MR) is 241 cm³/mol. The Bertz CT molecular complexity index is 3120. The van der Waals surface area contributed by atoms with E-state index in [0.717, 1.165) is 34.1 Å². The zero-order valence-corrected chi connectivity index (χ0v) is 32.1. The molecule has 10 aromatic rings. The molecule has 1 aliphatic carbocycles. The van der Waals surface area contributed by atoms with Crippen LogP contribution in [0.3, 0.4) is 0 Å². The fourth-order valence-corrected chi connectivity index (χ4v) is 10.1. The number of thiophene rings is 1. The van der Waals surface area contributed by atoms with Crippen LogP contribution in [0.15, 0.2) is 194 Å². The first-order valence-electron chi connectivity index (χ1n) is 19.3. The fourth-order valence-electron chi connectivity index (χ4n) is 9.05. The molecule has 1 heterocycles. The molecule has 0 bridgehead atoms. The van der Waals surface area contributed by atoms with Crippen LogP contribution in [0.1, 0.15) is 25.0 Å². The van der Waals surface area contributed by atoms with Crippen LogP contribution in [-0.4, -0.2) is 0 Å². The molecule has 1 aliphatic rings. The Kier molecular flexibility index (Phi) is 7.42. The molecule has 0 fully saturated rings. The summed E-state index contributed by atoms with van der Waals surface area (Å²) >= 11 is 1.85. The first-order valence-corrected chi connectivity index (χ1v) is 20.2. The lowest BCUT2D eigenvalue weighted by molar-refractivity contribution is 0.661. The number of hydrogen-bond acceptors (Lipinski definition) is 3. The number of rotatable bonds is 6. The number of hydrogen-bond donors (Lipinski definition) is 0. The van der Waals surface area contributed by atoms with Gasteiger partial charge in [0.15, 0.2) is 0 Å². The number of anilines is 6. The smallest absolute Gasteiger partial charge is 0.0482 e. The molecule has 266 valence electrons. The lowest BCUT2D eigenvalue weighted by Crippen LogP contribution is -2.14. The minimum atomic E-state index is -0.0674. The molecule has 0 saturated heterocycles. The number of fused-ring (bicyclic) bond motifs is 9. The second kappa shape index (κ2) is 12.7. The third kappa shape index (κ3) is 5.16. The highest BCUT2D eigenvalue weighted by atomic mass is 32.1. The van der Waals surface area contributed by atoms with E-state index in [9.17, 15) is 0 Å². The van der Waals surface area contributed by atoms with Crippen LogP contribution in [0, 0.1) is 0 Å². The van der Waals surface area contributed by atoms with E-state index in [4.69, 9.17) is 0 Å². The lowest BCUT2D eigenvalue weighted by Gasteiger charge is -2.29. The highest BCUT2D eigenvalue weighted by Gasteiger charge is 2.35. The topological polar surface area (TPSA) is 6.48 Å². The molecule has 0 amide bonds. The van der Waals surface area contributed by atoms with Gasteiger partial charge >= 0.3 is 0 Å². The molecule has 0 saturated carbocycles. The predicted octanol–water partition coefficient (Wildman–Crippen LogP) is 15.6. The Hall–Kier alpha value is -6.68. The van der Waals surface area contributed by atoms with E-state index in [1.807, 2.05) is 11.3 Å². The summed E-state index contributed by atoms with van der Waals surface area (Å²) < 4.78 is 2.61. The van der Waals surface area contributed by atoms with Crippen molar-refractivity contribution < 1.29 is 0 Å². The van der Waals surface area contributed by atoms with Crippen molar-refractivity contribution in [1.82, 2.24) is 0 Å². The molecule has 56 heavy (non-hydrogen) atoms. The maximum absolute atomic E-state index is 2.47. The summed E-state index contributed by atoms with van der Waals surface area (Å²) in [7, 11) is 0. The van der Waals surface area contributed by atoms with Crippen molar-refractivity contribution in [1.29, 1.82) is 0 Å². The molecule has 0 unspecified atom stereocenters. The molecular weight excluding hydrogens is 697 g/mol. The van der Waals surface area contributed by atoms with Crippen LogP contribution in [0.25, 0.3) is 52.8 Å². The molecule has 0 spiro atoms. The largest absolute Gasteiger partial charge is 0.310 e. The highest BCUT2D eigenvalue weighted by Crippen LogP contribution is 2.51. The Morgan fingerprint density at radius 1 is 0.339 bits per heavy atom. The summed E-state index contributed by atoms with van der Waals surface area (Å²) in [5.41, 5.74) is 12.1. The summed E-state index contributed by atoms with van der Waals surface area (Å²) in [4.78, 5) is 4.78. The van der Waals surface area contributed by atoms with E-state index in [1.54, 1.807) is 0 Å². The van der Waals surface area contributed by atoms with Crippen molar-refractivity contribution in [3.8, 4) is 11.1 Å². The zero-order chi connectivity index (χ0) is 37.4. The third-order valence-corrected chi connectivity index (χ3v) is 12.9. The third-order valence-electron chi connectivity index (χ3n) is 11.8. The van der Waals surface area contributed by atoms with Crippen LogP contribution in [0.2, 0.25) is 0 Å². The van der Waals surface area contributed by atoms with Crippen molar-refractivity contribution >= 4 is 87.2 Å². The summed E-state index contributed by atoms with van der Waals surface area (Å²) in [6.45, 7) is 4.73. The summed E-state index contributed by atoms with van der Waals surface area (Å²) in [6.07, 6.45) is 0. The Labute approximate surface area is 331 Å². The molecule has 3 heteroatoms. The molecule has 1 aromatic heterocycles. The lowest BCUT2D eigenvalue weighted by atomic mass is 9.81. The Morgan fingerprint density at radius 3 is 1.62 bits per heavy atom. The normalized spacial score (nSPS) is 13.0. The average Bonchev–Trinajstić information content (AvgIpc) is 3.72. The maximum atomic E-state index is 2.47. The van der Waals surface area contributed by atoms with Gasteiger partial charge in [-0.3, -0.25) is 0 Å². The summed E-state index contributed by atoms with van der Waals surface area (Å²) in [6, 6.07) is 71.4. The standard InChI is InChI=1S/C53H38N2S/c1-53(2)49-22-11-9-20-43(49)47-30-36-25-24-35-26-27-41(32-45(35)46(36)34-50(47)53)54(37-14-5-3-6-15-37)39-18-13-19-40(31-39)55(38-16-7-4-8-17-38)42-28-29-52-48(33-42)44-21-10-12-23-51(44)56-52/h3-34H,1-2H3. The molecule has 0 radical (unpaired) electrons. The van der Waals surface area contributed by atoms with Gasteiger partial charge < -0.3 is 9.80 Å². The summed E-state index contributed by atoms with van der Waals surface area (Å²) in [5.74, 6) is 0. The van der Waals surface area contributed by atoms with Crippen LogP contribution >= 0.6 is 11.3 Å². The van der Waals surface area contributed by atoms with E-state index in [0.29, 0.717) is 0 Å². The number of nitrogens with zero attached hydrogens (tertiary/aromatic N) is 2. The second-order valence-electron chi connectivity index (χ2n) is 15.4. The van der Waals surface area contributed by atoms with E-state index < -0.39 is 0 Å². The highest BCUT2D eigenvalue weighted by molar-refractivity contribution is 7.25. The van der Waals surface area contributed by atoms with Gasteiger partial charge in [-0.05, 0) is 135 Å². The van der Waals surface area contributed by atoms with Crippen LogP contribution < -0.4 is 9.80 Å². The average molecular weight is 735 g/mol. The summed E-state index contributed by atoms with van der Waals surface area (Å²) in [5, 5.41) is 7.64. The minimum Gasteiger partial charge on any atom is -0.310 e. The van der Waals surface area contributed by atoms with E-state index in [-0.39, 0.29) is 5.41 Å². The van der Waals surface area contributed by atoms with Crippen molar-refractivity contribution in [3.63, 3.8) is 0 Å². The second-order valence-corrected chi connectivity index (χ2v) is 16.5. The Morgan fingerprint density at radius 2 is 0.875 bits per heavy atom. The first kappa shape index (κ1) is 32.7. The zero-order valence-electron chi connectivity index (χ0n) is 31.3. The van der Waals surface area contributed by atoms with Gasteiger partial charge in [0.25, 0.3) is 0 Å². The Balaban J connectivity index is 1.08. The van der Waals surface area contributed by atoms with Gasteiger partial charge in [-0.25, -0.2) is 0 Å². The number of benzene rings is 9. The van der Waals surface area contributed by atoms with Crippen molar-refractivity contribution in [2.24, 2.45) is 0 Å². The van der Waals surface area contributed by atoms with E-state index in [1.165, 1.54) is 64.0 Å². The van der Waals surface area contributed by atoms with E-state index in [2.05, 4.69) is 218 Å². The van der Waals surface area contributed by atoms with Crippen molar-refractivity contribution in [2.45, 2.75) is 19.3 Å². The van der Waals surface area contributed by atoms with Gasteiger partial charge in [-0.1, -0.05) is 117 Å². The molecule has 0 N–H and O–H groups in total. The van der Waals surface area contributed by atoms with Gasteiger partial charge in [-0.2, -0.15) is 0 Å². The van der Waals surface area contributed by atoms with Gasteiger partial charge in [0, 0.05) is 59.7 Å². The molecular formula is C53H38N2S. The molecule has 2 nitrogen and oxygen atoms in total. The van der Waals surface area contributed by atoms with Crippen molar-refractivity contribution in [2.75, 3.05) is 9.80 Å². The maximum Gasteiger partial charge on any atom is 0.0482 e. The fraction of sp³-hybridized carbons (Fsp3) is 0.0566. The molecule has 11 rings (SSSR count).